The van der Waals surface area contributed by atoms with Gasteiger partial charge in [-0.3, -0.25) is 0 Å². The molecule has 0 aliphatic carbocycles. The second-order valence-electron chi connectivity index (χ2n) is 3.42. The molecule has 1 aromatic carbocycles. The van der Waals surface area contributed by atoms with Crippen molar-refractivity contribution in [1.29, 1.82) is 0 Å². The van der Waals surface area contributed by atoms with Crippen molar-refractivity contribution in [3.8, 4) is 0 Å². The predicted molar refractivity (Wildman–Crippen MR) is 68.0 cm³/mol. The summed E-state index contributed by atoms with van der Waals surface area (Å²) in [6, 6.07) is 4.94. The van der Waals surface area contributed by atoms with Gasteiger partial charge in [0.15, 0.2) is 0 Å². The fourth-order valence-electron chi connectivity index (χ4n) is 1.32. The molecule has 0 saturated carbocycles. The number of hydrogen-bond donors (Lipinski definition) is 1. The first-order chi connectivity index (χ1) is 8.20. The van der Waals surface area contributed by atoms with Crippen LogP contribution in [-0.4, -0.2) is 10.2 Å². The summed E-state index contributed by atoms with van der Waals surface area (Å²) in [4.78, 5) is 0. The van der Waals surface area contributed by atoms with Gasteiger partial charge in [-0.25, -0.2) is 4.39 Å². The molecular formula is C11H11ClFN3S. The second-order valence-corrected chi connectivity index (χ2v) is 4.89. The summed E-state index contributed by atoms with van der Waals surface area (Å²) in [5.41, 5.74) is 0.519. The normalized spacial score (nSPS) is 10.5. The highest BCUT2D eigenvalue weighted by Crippen LogP contribution is 2.20. The molecule has 6 heteroatoms. The van der Waals surface area contributed by atoms with Crippen molar-refractivity contribution in [3.05, 3.63) is 39.6 Å². The Balaban J connectivity index is 2.04. The van der Waals surface area contributed by atoms with E-state index in [9.17, 15) is 4.39 Å². The van der Waals surface area contributed by atoms with Crippen LogP contribution in [0.3, 0.4) is 0 Å². The Morgan fingerprint density at radius 2 is 2.24 bits per heavy atom. The molecule has 0 spiro atoms. The predicted octanol–water partition coefficient (Wildman–Crippen LogP) is 3.51. The van der Waals surface area contributed by atoms with Crippen molar-refractivity contribution in [1.82, 2.24) is 10.2 Å². The molecule has 3 nitrogen and oxygen atoms in total. The number of benzene rings is 1. The van der Waals surface area contributed by atoms with E-state index in [-0.39, 0.29) is 10.8 Å². The third-order valence-electron chi connectivity index (χ3n) is 2.23. The number of halogens is 2. The van der Waals surface area contributed by atoms with E-state index in [1.165, 1.54) is 17.4 Å². The maximum Gasteiger partial charge on any atom is 0.205 e. The van der Waals surface area contributed by atoms with E-state index in [2.05, 4.69) is 15.5 Å². The Labute approximate surface area is 108 Å². The molecule has 1 aromatic heterocycles. The van der Waals surface area contributed by atoms with Crippen LogP contribution in [0, 0.1) is 5.82 Å². The Morgan fingerprint density at radius 3 is 2.94 bits per heavy atom. The van der Waals surface area contributed by atoms with E-state index >= 15 is 0 Å². The quantitative estimate of drug-likeness (QED) is 0.925. The standard InChI is InChI=1S/C11H11ClFN3S/c1-2-9-15-16-11(17-9)14-6-7-4-3-5-8(12)10(7)13/h3-5H,2,6H2,1H3,(H,14,16). The van der Waals surface area contributed by atoms with Crippen LogP contribution in [-0.2, 0) is 13.0 Å². The van der Waals surface area contributed by atoms with Gasteiger partial charge in [0.2, 0.25) is 5.13 Å². The Morgan fingerprint density at radius 1 is 1.41 bits per heavy atom. The third kappa shape index (κ3) is 2.92. The van der Waals surface area contributed by atoms with Crippen LogP contribution in [0.1, 0.15) is 17.5 Å². The van der Waals surface area contributed by atoms with Gasteiger partial charge in [0.05, 0.1) is 5.02 Å². The smallest absolute Gasteiger partial charge is 0.205 e. The molecule has 0 atom stereocenters. The summed E-state index contributed by atoms with van der Waals surface area (Å²) in [6.45, 7) is 2.37. The fourth-order valence-corrected chi connectivity index (χ4v) is 2.19. The lowest BCUT2D eigenvalue weighted by atomic mass is 10.2. The van der Waals surface area contributed by atoms with Gasteiger partial charge in [0.25, 0.3) is 0 Å². The van der Waals surface area contributed by atoms with Crippen molar-refractivity contribution in [2.24, 2.45) is 0 Å². The average molecular weight is 272 g/mol. The minimum absolute atomic E-state index is 0.135. The lowest BCUT2D eigenvalue weighted by Crippen LogP contribution is -2.01. The van der Waals surface area contributed by atoms with Crippen LogP contribution >= 0.6 is 22.9 Å². The summed E-state index contributed by atoms with van der Waals surface area (Å²) >= 11 is 7.17. The minimum Gasteiger partial charge on any atom is -0.356 e. The summed E-state index contributed by atoms with van der Waals surface area (Å²) in [5.74, 6) is -0.387. The maximum atomic E-state index is 13.6. The zero-order valence-electron chi connectivity index (χ0n) is 9.20. The van der Waals surface area contributed by atoms with Crippen LogP contribution in [0.15, 0.2) is 18.2 Å². The Bertz CT molecular complexity index is 515. The van der Waals surface area contributed by atoms with Crippen molar-refractivity contribution < 1.29 is 4.39 Å². The number of rotatable bonds is 4. The van der Waals surface area contributed by atoms with Gasteiger partial charge in [-0.2, -0.15) is 0 Å². The summed E-state index contributed by atoms with van der Waals surface area (Å²) < 4.78 is 13.6. The van der Waals surface area contributed by atoms with E-state index in [0.717, 1.165) is 11.4 Å². The first-order valence-electron chi connectivity index (χ1n) is 5.20. The first kappa shape index (κ1) is 12.3. The van der Waals surface area contributed by atoms with Gasteiger partial charge in [-0.05, 0) is 12.5 Å². The van der Waals surface area contributed by atoms with Gasteiger partial charge in [0.1, 0.15) is 10.8 Å². The number of nitrogens with one attached hydrogen (secondary N) is 1. The zero-order valence-corrected chi connectivity index (χ0v) is 10.8. The molecule has 0 radical (unpaired) electrons. The van der Waals surface area contributed by atoms with Gasteiger partial charge < -0.3 is 5.32 Å². The van der Waals surface area contributed by atoms with E-state index in [4.69, 9.17) is 11.6 Å². The summed E-state index contributed by atoms with van der Waals surface area (Å²) in [7, 11) is 0. The number of aromatic nitrogens is 2. The van der Waals surface area contributed by atoms with Crippen molar-refractivity contribution in [2.45, 2.75) is 19.9 Å². The number of anilines is 1. The first-order valence-corrected chi connectivity index (χ1v) is 6.39. The van der Waals surface area contributed by atoms with Crippen LogP contribution in [0.2, 0.25) is 5.02 Å². The molecule has 0 unspecified atom stereocenters. The number of nitrogens with zero attached hydrogens (tertiary/aromatic N) is 2. The van der Waals surface area contributed by atoms with Crippen molar-refractivity contribution in [3.63, 3.8) is 0 Å². The highest BCUT2D eigenvalue weighted by molar-refractivity contribution is 7.15. The topological polar surface area (TPSA) is 37.8 Å². The van der Waals surface area contributed by atoms with Crippen LogP contribution in [0.25, 0.3) is 0 Å². The van der Waals surface area contributed by atoms with Crippen LogP contribution < -0.4 is 5.32 Å². The second kappa shape index (κ2) is 5.42. The number of aryl methyl sites for hydroxylation is 1. The molecule has 0 aliphatic heterocycles. The molecule has 2 aromatic rings. The Hall–Kier alpha value is -1.20. The molecule has 0 aliphatic rings. The molecule has 0 bridgehead atoms. The van der Waals surface area contributed by atoms with Gasteiger partial charge >= 0.3 is 0 Å². The highest BCUT2D eigenvalue weighted by atomic mass is 35.5. The third-order valence-corrected chi connectivity index (χ3v) is 3.55. The van der Waals surface area contributed by atoms with Crippen LogP contribution in [0.5, 0.6) is 0 Å². The molecule has 17 heavy (non-hydrogen) atoms. The van der Waals surface area contributed by atoms with E-state index in [1.807, 2.05) is 6.92 Å². The lowest BCUT2D eigenvalue weighted by Gasteiger charge is -2.04. The van der Waals surface area contributed by atoms with Gasteiger partial charge in [-0.15, -0.1) is 10.2 Å². The maximum absolute atomic E-state index is 13.6. The van der Waals surface area contributed by atoms with Crippen molar-refractivity contribution in [2.75, 3.05) is 5.32 Å². The van der Waals surface area contributed by atoms with Gasteiger partial charge in [-0.1, -0.05) is 42.0 Å². The molecule has 1 heterocycles. The average Bonchev–Trinajstić information content (AvgIpc) is 2.79. The van der Waals surface area contributed by atoms with E-state index in [1.54, 1.807) is 12.1 Å². The van der Waals surface area contributed by atoms with Crippen molar-refractivity contribution >= 4 is 28.1 Å². The fraction of sp³-hybridized carbons (Fsp3) is 0.273. The monoisotopic (exact) mass is 271 g/mol. The lowest BCUT2D eigenvalue weighted by molar-refractivity contribution is 0.613. The molecular weight excluding hydrogens is 261 g/mol. The molecule has 1 N–H and O–H groups in total. The SMILES string of the molecule is CCc1nnc(NCc2cccc(Cl)c2F)s1. The molecule has 0 fully saturated rings. The molecule has 0 amide bonds. The minimum atomic E-state index is -0.387. The van der Waals surface area contributed by atoms with Crippen LogP contribution in [0.4, 0.5) is 9.52 Å². The molecule has 2 rings (SSSR count). The van der Waals surface area contributed by atoms with Gasteiger partial charge in [0, 0.05) is 12.1 Å². The van der Waals surface area contributed by atoms with E-state index < -0.39 is 0 Å². The molecule has 90 valence electrons. The largest absolute Gasteiger partial charge is 0.356 e. The zero-order chi connectivity index (χ0) is 12.3. The van der Waals surface area contributed by atoms with E-state index in [0.29, 0.717) is 17.2 Å². The molecule has 0 saturated heterocycles. The number of hydrogen-bond acceptors (Lipinski definition) is 4. The highest BCUT2D eigenvalue weighted by Gasteiger charge is 2.07. The summed E-state index contributed by atoms with van der Waals surface area (Å²) in [6.07, 6.45) is 0.852. The summed E-state index contributed by atoms with van der Waals surface area (Å²) in [5, 5.41) is 12.7. The Kier molecular flexibility index (Phi) is 3.91.